The number of hydrogen-bond acceptors (Lipinski definition) is 3. The zero-order valence-corrected chi connectivity index (χ0v) is 11.2. The van der Waals surface area contributed by atoms with Crippen molar-refractivity contribution in [3.05, 3.63) is 23.0 Å². The number of hydrogen-bond donors (Lipinski definition) is 0. The fourth-order valence-corrected chi connectivity index (χ4v) is 1.97. The summed E-state index contributed by atoms with van der Waals surface area (Å²) in [6, 6.07) is 4.26. The van der Waals surface area contributed by atoms with E-state index >= 15 is 0 Å². The molecule has 1 rings (SSSR count). The lowest BCUT2D eigenvalue weighted by Gasteiger charge is -2.21. The Bertz CT molecular complexity index is 418. The Hall–Kier alpha value is -1.56. The smallest absolute Gasteiger partial charge is 0.103 e. The van der Waals surface area contributed by atoms with Gasteiger partial charge in [-0.05, 0) is 26.3 Å². The van der Waals surface area contributed by atoms with E-state index in [1.54, 1.807) is 0 Å². The van der Waals surface area contributed by atoms with Crippen LogP contribution in [-0.2, 0) is 0 Å². The zero-order valence-electron chi connectivity index (χ0n) is 11.2. The Labute approximate surface area is 104 Å². The summed E-state index contributed by atoms with van der Waals surface area (Å²) >= 11 is 0. The summed E-state index contributed by atoms with van der Waals surface area (Å²) in [5.74, 6) is 0. The SMILES string of the molecule is CCCCCN(C)c1cc(C)nc(C)c1C#N. The quantitative estimate of drug-likeness (QED) is 0.731. The van der Waals surface area contributed by atoms with Crippen molar-refractivity contribution < 1.29 is 0 Å². The number of nitriles is 1. The molecule has 1 aromatic heterocycles. The average Bonchev–Trinajstić information content (AvgIpc) is 2.28. The third kappa shape index (κ3) is 3.45. The van der Waals surface area contributed by atoms with Crippen LogP contribution in [0.2, 0.25) is 0 Å². The van der Waals surface area contributed by atoms with E-state index in [-0.39, 0.29) is 0 Å². The van der Waals surface area contributed by atoms with Gasteiger partial charge in [-0.3, -0.25) is 4.98 Å². The van der Waals surface area contributed by atoms with Crippen LogP contribution in [-0.4, -0.2) is 18.6 Å². The first-order valence-electron chi connectivity index (χ1n) is 6.19. The minimum atomic E-state index is 0.703. The van der Waals surface area contributed by atoms with Crippen LogP contribution in [0.5, 0.6) is 0 Å². The molecule has 0 N–H and O–H groups in total. The fraction of sp³-hybridized carbons (Fsp3) is 0.571. The maximum atomic E-state index is 9.19. The van der Waals surface area contributed by atoms with Crippen LogP contribution in [0.15, 0.2) is 6.07 Å². The molecule has 0 bridgehead atoms. The molecule has 0 saturated carbocycles. The lowest BCUT2D eigenvalue weighted by atomic mass is 10.1. The van der Waals surface area contributed by atoms with Gasteiger partial charge < -0.3 is 4.90 Å². The maximum absolute atomic E-state index is 9.19. The minimum Gasteiger partial charge on any atom is -0.373 e. The molecule has 0 unspecified atom stereocenters. The zero-order chi connectivity index (χ0) is 12.8. The number of rotatable bonds is 5. The van der Waals surface area contributed by atoms with Crippen LogP contribution >= 0.6 is 0 Å². The molecule has 0 amide bonds. The number of unbranched alkanes of at least 4 members (excludes halogenated alkanes) is 2. The van der Waals surface area contributed by atoms with Gasteiger partial charge in [-0.2, -0.15) is 5.26 Å². The lowest BCUT2D eigenvalue weighted by molar-refractivity contribution is 0.704. The van der Waals surface area contributed by atoms with E-state index < -0.39 is 0 Å². The third-order valence-corrected chi connectivity index (χ3v) is 2.93. The first-order valence-corrected chi connectivity index (χ1v) is 6.19. The number of pyridine rings is 1. The molecule has 3 heteroatoms. The summed E-state index contributed by atoms with van der Waals surface area (Å²) in [4.78, 5) is 6.50. The van der Waals surface area contributed by atoms with Gasteiger partial charge in [-0.15, -0.1) is 0 Å². The van der Waals surface area contributed by atoms with Gasteiger partial charge in [0.25, 0.3) is 0 Å². The van der Waals surface area contributed by atoms with Crippen LogP contribution < -0.4 is 4.90 Å². The molecule has 1 aromatic rings. The minimum absolute atomic E-state index is 0.703. The van der Waals surface area contributed by atoms with Crippen molar-refractivity contribution in [3.8, 4) is 6.07 Å². The normalized spacial score (nSPS) is 10.1. The maximum Gasteiger partial charge on any atom is 0.103 e. The van der Waals surface area contributed by atoms with Crippen LogP contribution in [0, 0.1) is 25.2 Å². The topological polar surface area (TPSA) is 39.9 Å². The molecule has 3 nitrogen and oxygen atoms in total. The number of aryl methyl sites for hydroxylation is 2. The van der Waals surface area contributed by atoms with Crippen LogP contribution in [0.4, 0.5) is 5.69 Å². The average molecular weight is 231 g/mol. The second kappa shape index (κ2) is 6.24. The largest absolute Gasteiger partial charge is 0.373 e. The van der Waals surface area contributed by atoms with Gasteiger partial charge in [-0.25, -0.2) is 0 Å². The molecular weight excluding hydrogens is 210 g/mol. The van der Waals surface area contributed by atoms with E-state index in [4.69, 9.17) is 0 Å². The van der Waals surface area contributed by atoms with Gasteiger partial charge in [0.15, 0.2) is 0 Å². The van der Waals surface area contributed by atoms with Gasteiger partial charge in [0, 0.05) is 19.3 Å². The standard InChI is InChI=1S/C14H21N3/c1-5-6-7-8-17(4)14-9-11(2)16-12(3)13(14)10-15/h9H,5-8H2,1-4H3. The molecule has 0 fully saturated rings. The first-order chi connectivity index (χ1) is 8.10. The van der Waals surface area contributed by atoms with E-state index in [0.717, 1.165) is 30.0 Å². The van der Waals surface area contributed by atoms with Crippen molar-refractivity contribution in [2.45, 2.75) is 40.0 Å². The Kier molecular flexibility index (Phi) is 4.96. The second-order valence-corrected chi connectivity index (χ2v) is 4.48. The monoisotopic (exact) mass is 231 g/mol. The third-order valence-electron chi connectivity index (χ3n) is 2.93. The van der Waals surface area contributed by atoms with Crippen molar-refractivity contribution in [2.24, 2.45) is 0 Å². The molecular formula is C14H21N3. The Morgan fingerprint density at radius 1 is 1.35 bits per heavy atom. The van der Waals surface area contributed by atoms with E-state index in [1.807, 2.05) is 27.0 Å². The summed E-state index contributed by atoms with van der Waals surface area (Å²) in [5, 5.41) is 9.19. The Balaban J connectivity index is 2.92. The van der Waals surface area contributed by atoms with Gasteiger partial charge in [0.2, 0.25) is 0 Å². The number of anilines is 1. The molecule has 1 heterocycles. The Morgan fingerprint density at radius 2 is 2.06 bits per heavy atom. The number of nitrogens with zero attached hydrogens (tertiary/aromatic N) is 3. The summed E-state index contributed by atoms with van der Waals surface area (Å²) in [7, 11) is 2.05. The van der Waals surface area contributed by atoms with Crippen LogP contribution in [0.3, 0.4) is 0 Å². The van der Waals surface area contributed by atoms with Gasteiger partial charge in [0.1, 0.15) is 6.07 Å². The van der Waals surface area contributed by atoms with E-state index in [2.05, 4.69) is 22.9 Å². The highest BCUT2D eigenvalue weighted by Crippen LogP contribution is 2.22. The molecule has 0 aromatic carbocycles. The molecule has 0 saturated heterocycles. The van der Waals surface area contributed by atoms with E-state index in [9.17, 15) is 5.26 Å². The van der Waals surface area contributed by atoms with E-state index in [1.165, 1.54) is 12.8 Å². The predicted octanol–water partition coefficient (Wildman–Crippen LogP) is 3.20. The molecule has 0 aliphatic rings. The van der Waals surface area contributed by atoms with Crippen molar-refractivity contribution in [2.75, 3.05) is 18.5 Å². The van der Waals surface area contributed by atoms with Gasteiger partial charge in [-0.1, -0.05) is 19.8 Å². The molecule has 0 atom stereocenters. The van der Waals surface area contributed by atoms with Gasteiger partial charge >= 0.3 is 0 Å². The van der Waals surface area contributed by atoms with Crippen molar-refractivity contribution >= 4 is 5.69 Å². The van der Waals surface area contributed by atoms with Crippen molar-refractivity contribution in [1.82, 2.24) is 4.98 Å². The molecule has 0 aliphatic carbocycles. The fourth-order valence-electron chi connectivity index (χ4n) is 1.97. The predicted molar refractivity (Wildman–Crippen MR) is 71.2 cm³/mol. The highest BCUT2D eigenvalue weighted by Gasteiger charge is 2.11. The molecule has 17 heavy (non-hydrogen) atoms. The first kappa shape index (κ1) is 13.5. The summed E-state index contributed by atoms with van der Waals surface area (Å²) in [6.45, 7) is 7.05. The summed E-state index contributed by atoms with van der Waals surface area (Å²) in [5.41, 5.74) is 3.51. The van der Waals surface area contributed by atoms with Crippen molar-refractivity contribution in [3.63, 3.8) is 0 Å². The lowest BCUT2D eigenvalue weighted by Crippen LogP contribution is -2.20. The highest BCUT2D eigenvalue weighted by atomic mass is 15.1. The summed E-state index contributed by atoms with van der Waals surface area (Å²) in [6.07, 6.45) is 3.61. The van der Waals surface area contributed by atoms with E-state index in [0.29, 0.717) is 5.56 Å². The van der Waals surface area contributed by atoms with Gasteiger partial charge in [0.05, 0.1) is 16.9 Å². The summed E-state index contributed by atoms with van der Waals surface area (Å²) < 4.78 is 0. The Morgan fingerprint density at radius 3 is 2.65 bits per heavy atom. The molecule has 92 valence electrons. The highest BCUT2D eigenvalue weighted by molar-refractivity contribution is 5.61. The van der Waals surface area contributed by atoms with Crippen molar-refractivity contribution in [1.29, 1.82) is 5.26 Å². The van der Waals surface area contributed by atoms with Crippen LogP contribution in [0.1, 0.15) is 43.1 Å². The van der Waals surface area contributed by atoms with Crippen LogP contribution in [0.25, 0.3) is 0 Å². The number of aromatic nitrogens is 1. The molecule has 0 aliphatic heterocycles. The second-order valence-electron chi connectivity index (χ2n) is 4.48. The molecule has 0 radical (unpaired) electrons. The molecule has 0 spiro atoms.